The van der Waals surface area contributed by atoms with Crippen LogP contribution < -0.4 is 0 Å². The Morgan fingerprint density at radius 3 is 2.67 bits per heavy atom. The van der Waals surface area contributed by atoms with Gasteiger partial charge in [0.2, 0.25) is 0 Å². The first kappa shape index (κ1) is 5.96. The van der Waals surface area contributed by atoms with Crippen LogP contribution in [-0.4, -0.2) is 4.98 Å². The van der Waals surface area contributed by atoms with Crippen molar-refractivity contribution >= 4 is 15.9 Å². The lowest BCUT2D eigenvalue weighted by Crippen LogP contribution is -2.08. The molecule has 0 saturated carbocycles. The van der Waals surface area contributed by atoms with Crippen molar-refractivity contribution in [1.82, 2.24) is 4.98 Å². The van der Waals surface area contributed by atoms with Crippen LogP contribution in [-0.2, 0) is 6.18 Å². The van der Waals surface area contributed by atoms with E-state index in [0.29, 0.717) is 6.07 Å². The highest BCUT2D eigenvalue weighted by Crippen LogP contribution is 2.31. The van der Waals surface area contributed by atoms with E-state index >= 15 is 0 Å². The van der Waals surface area contributed by atoms with Crippen LogP contribution in [0.1, 0.15) is 15.4 Å². The smallest absolute Gasteiger partial charge is 0.246 e. The molecule has 1 heterocycles. The highest BCUT2D eigenvalue weighted by molar-refractivity contribution is 9.10. The average molecular weight is 243 g/mol. The largest absolute Gasteiger partial charge is 0.418 e. The number of halogens is 4. The van der Waals surface area contributed by atoms with Gasteiger partial charge in [-0.25, -0.2) is 4.98 Å². The molecular weight excluding hydrogens is 235 g/mol. The second kappa shape index (κ2) is 3.05. The van der Waals surface area contributed by atoms with Gasteiger partial charge < -0.3 is 0 Å². The normalized spacial score (nSPS) is 16.5. The molecule has 1 aromatic heterocycles. The summed E-state index contributed by atoms with van der Waals surface area (Å²) in [4.78, 5) is 3.35. The SMILES string of the molecule is [2H]C([2H])([2H])c1nc(Br)ccc1C(F)(F)F. The van der Waals surface area contributed by atoms with E-state index in [1.54, 1.807) is 0 Å². The van der Waals surface area contributed by atoms with Crippen LogP contribution in [0.4, 0.5) is 13.2 Å². The minimum Gasteiger partial charge on any atom is -0.246 e. The summed E-state index contributed by atoms with van der Waals surface area (Å²) in [7, 11) is 0. The lowest BCUT2D eigenvalue weighted by atomic mass is 10.2. The van der Waals surface area contributed by atoms with Gasteiger partial charge in [0.05, 0.1) is 11.3 Å². The molecule has 0 fully saturated rings. The Bertz CT molecular complexity index is 375. The van der Waals surface area contributed by atoms with Crippen LogP contribution in [0.15, 0.2) is 16.7 Å². The fourth-order valence-electron chi connectivity index (χ4n) is 0.664. The number of aryl methyl sites for hydroxylation is 1. The second-order valence-corrected chi connectivity index (χ2v) is 2.84. The zero-order chi connectivity index (χ0) is 11.9. The molecule has 1 aromatic rings. The van der Waals surface area contributed by atoms with Crippen molar-refractivity contribution in [2.45, 2.75) is 13.0 Å². The lowest BCUT2D eigenvalue weighted by Gasteiger charge is -2.08. The maximum atomic E-state index is 12.4. The molecule has 0 atom stereocenters. The molecule has 0 aliphatic rings. The molecule has 0 bridgehead atoms. The number of aromatic nitrogens is 1. The third-order valence-corrected chi connectivity index (χ3v) is 1.61. The van der Waals surface area contributed by atoms with Crippen molar-refractivity contribution in [3.8, 4) is 0 Å². The van der Waals surface area contributed by atoms with Crippen molar-refractivity contribution in [2.75, 3.05) is 0 Å². The summed E-state index contributed by atoms with van der Waals surface area (Å²) in [5.74, 6) is 0. The van der Waals surface area contributed by atoms with Crippen LogP contribution in [0.3, 0.4) is 0 Å². The van der Waals surface area contributed by atoms with Crippen molar-refractivity contribution in [3.05, 3.63) is 28.0 Å². The molecular formula is C7H5BrF3N. The molecule has 1 nitrogen and oxygen atoms in total. The summed E-state index contributed by atoms with van der Waals surface area (Å²) >= 11 is 2.83. The fourth-order valence-corrected chi connectivity index (χ4v) is 0.974. The maximum absolute atomic E-state index is 12.4. The van der Waals surface area contributed by atoms with Crippen LogP contribution in [0, 0.1) is 6.85 Å². The third kappa shape index (κ3) is 1.97. The van der Waals surface area contributed by atoms with Gasteiger partial charge in [0, 0.05) is 4.11 Å². The first-order valence-electron chi connectivity index (χ1n) is 4.36. The van der Waals surface area contributed by atoms with E-state index in [4.69, 9.17) is 4.11 Å². The summed E-state index contributed by atoms with van der Waals surface area (Å²) in [6.07, 6.45) is -4.71. The predicted octanol–water partition coefficient (Wildman–Crippen LogP) is 3.17. The van der Waals surface area contributed by atoms with Gasteiger partial charge in [-0.1, -0.05) is 0 Å². The van der Waals surface area contributed by atoms with Gasteiger partial charge in [-0.15, -0.1) is 0 Å². The molecule has 66 valence electrons. The van der Waals surface area contributed by atoms with Crippen LogP contribution in [0.25, 0.3) is 0 Å². The van der Waals surface area contributed by atoms with Gasteiger partial charge in [0.15, 0.2) is 0 Å². The maximum Gasteiger partial charge on any atom is 0.418 e. The molecule has 0 aliphatic heterocycles. The van der Waals surface area contributed by atoms with E-state index in [-0.39, 0.29) is 4.60 Å². The molecule has 0 radical (unpaired) electrons. The van der Waals surface area contributed by atoms with E-state index in [9.17, 15) is 13.2 Å². The standard InChI is InChI=1S/C7H5BrF3N/c1-4-5(7(9,10)11)2-3-6(8)12-4/h2-3H,1H3/i1D3. The van der Waals surface area contributed by atoms with Gasteiger partial charge >= 0.3 is 6.18 Å². The quantitative estimate of drug-likeness (QED) is 0.637. The number of hydrogen-bond donors (Lipinski definition) is 0. The van der Waals surface area contributed by atoms with Crippen molar-refractivity contribution in [3.63, 3.8) is 0 Å². The Morgan fingerprint density at radius 2 is 2.17 bits per heavy atom. The zero-order valence-corrected chi connectivity index (χ0v) is 7.20. The minimum absolute atomic E-state index is 0.0571. The van der Waals surface area contributed by atoms with E-state index in [2.05, 4.69) is 20.9 Å². The van der Waals surface area contributed by atoms with E-state index in [1.165, 1.54) is 0 Å². The number of hydrogen-bond acceptors (Lipinski definition) is 1. The molecule has 1 rings (SSSR count). The highest BCUT2D eigenvalue weighted by atomic mass is 79.9. The summed E-state index contributed by atoms with van der Waals surface area (Å²) in [6.45, 7) is -2.88. The molecule has 0 saturated heterocycles. The first-order valence-corrected chi connectivity index (χ1v) is 3.66. The van der Waals surface area contributed by atoms with Gasteiger partial charge in [-0.3, -0.25) is 0 Å². The van der Waals surface area contributed by atoms with Gasteiger partial charge in [0.1, 0.15) is 4.60 Å². The Kier molecular flexibility index (Phi) is 1.51. The highest BCUT2D eigenvalue weighted by Gasteiger charge is 2.32. The fraction of sp³-hybridized carbons (Fsp3) is 0.286. The van der Waals surface area contributed by atoms with Gasteiger partial charge in [0.25, 0.3) is 0 Å². The van der Waals surface area contributed by atoms with Crippen LogP contribution >= 0.6 is 15.9 Å². The molecule has 0 unspecified atom stereocenters. The van der Waals surface area contributed by atoms with E-state index in [1.807, 2.05) is 0 Å². The van der Waals surface area contributed by atoms with Crippen molar-refractivity contribution < 1.29 is 17.3 Å². The summed E-state index contributed by atoms with van der Waals surface area (Å²) in [5.41, 5.74) is -2.17. The molecule has 0 aliphatic carbocycles. The lowest BCUT2D eigenvalue weighted by molar-refractivity contribution is -0.138. The van der Waals surface area contributed by atoms with Gasteiger partial charge in [-0.05, 0) is 34.9 Å². The second-order valence-electron chi connectivity index (χ2n) is 2.03. The molecule has 0 amide bonds. The minimum atomic E-state index is -4.71. The third-order valence-electron chi connectivity index (χ3n) is 1.17. The van der Waals surface area contributed by atoms with Crippen molar-refractivity contribution in [1.29, 1.82) is 0 Å². The molecule has 5 heteroatoms. The van der Waals surface area contributed by atoms with E-state index < -0.39 is 24.3 Å². The first-order chi connectivity index (χ1) is 6.62. The van der Waals surface area contributed by atoms with E-state index in [0.717, 1.165) is 6.07 Å². The van der Waals surface area contributed by atoms with Crippen LogP contribution in [0.2, 0.25) is 0 Å². The Hall–Kier alpha value is -0.580. The molecule has 0 N–H and O–H groups in total. The number of nitrogens with zero attached hydrogens (tertiary/aromatic N) is 1. The number of alkyl halides is 3. The monoisotopic (exact) mass is 242 g/mol. The van der Waals surface area contributed by atoms with Crippen LogP contribution in [0.5, 0.6) is 0 Å². The predicted molar refractivity (Wildman–Crippen MR) is 41.7 cm³/mol. The Balaban J connectivity index is 3.41. The van der Waals surface area contributed by atoms with Crippen molar-refractivity contribution in [2.24, 2.45) is 0 Å². The zero-order valence-electron chi connectivity index (χ0n) is 8.61. The molecule has 0 spiro atoms. The van der Waals surface area contributed by atoms with Gasteiger partial charge in [-0.2, -0.15) is 13.2 Å². The topological polar surface area (TPSA) is 12.9 Å². The Morgan fingerprint density at radius 1 is 1.50 bits per heavy atom. The molecule has 12 heavy (non-hydrogen) atoms. The number of pyridine rings is 1. The summed E-state index contributed by atoms with van der Waals surface area (Å²) in [5, 5.41) is 0. The summed E-state index contributed by atoms with van der Waals surface area (Å²) in [6, 6.07) is 1.75. The number of rotatable bonds is 0. The average Bonchev–Trinajstić information content (AvgIpc) is 2.00. The Labute approximate surface area is 80.0 Å². The summed E-state index contributed by atoms with van der Waals surface area (Å²) < 4.78 is 58.1. The molecule has 0 aromatic carbocycles.